The van der Waals surface area contributed by atoms with Crippen molar-refractivity contribution in [3.63, 3.8) is 0 Å². The fourth-order valence-corrected chi connectivity index (χ4v) is 3.61. The number of anilines is 1. The van der Waals surface area contributed by atoms with Gasteiger partial charge in [-0.25, -0.2) is 4.98 Å². The highest BCUT2D eigenvalue weighted by Crippen LogP contribution is 2.21. The average Bonchev–Trinajstić information content (AvgIpc) is 3.14. The van der Waals surface area contributed by atoms with Crippen LogP contribution in [0.5, 0.6) is 0 Å². The highest BCUT2D eigenvalue weighted by Gasteiger charge is 2.10. The Morgan fingerprint density at radius 2 is 1.82 bits per heavy atom. The largest absolute Gasteiger partial charge is 0.325 e. The highest BCUT2D eigenvalue weighted by molar-refractivity contribution is 7.99. The first-order valence-corrected chi connectivity index (χ1v) is 9.85. The standard InChI is InChI=1S/C21H19N5OS/c1-13-9-14(2)11-16(10-13)22-19(27)12-28-21-24-20(25-26-21)18-8-7-15-5-3-4-6-17(15)23-18/h3-11H,12H2,1-2H3,(H,22,27)(H,24,25,26). The number of hydrogen-bond acceptors (Lipinski definition) is 5. The molecule has 0 radical (unpaired) electrons. The quantitative estimate of drug-likeness (QED) is 0.495. The predicted molar refractivity (Wildman–Crippen MR) is 112 cm³/mol. The van der Waals surface area contributed by atoms with Crippen LogP contribution in [0.3, 0.4) is 0 Å². The maximum atomic E-state index is 12.2. The molecule has 4 aromatic rings. The Hall–Kier alpha value is -3.19. The molecule has 0 unspecified atom stereocenters. The molecule has 0 saturated heterocycles. The number of thioether (sulfide) groups is 1. The van der Waals surface area contributed by atoms with Crippen molar-refractivity contribution < 1.29 is 4.79 Å². The summed E-state index contributed by atoms with van der Waals surface area (Å²) in [7, 11) is 0. The molecular formula is C21H19N5OS. The number of aromatic nitrogens is 4. The van der Waals surface area contributed by atoms with Crippen molar-refractivity contribution >= 4 is 34.3 Å². The molecule has 2 N–H and O–H groups in total. The second-order valence-corrected chi connectivity index (χ2v) is 7.55. The van der Waals surface area contributed by atoms with E-state index in [1.54, 1.807) is 0 Å². The molecule has 0 fully saturated rings. The summed E-state index contributed by atoms with van der Waals surface area (Å²) in [5.41, 5.74) is 4.66. The number of fused-ring (bicyclic) bond motifs is 1. The predicted octanol–water partition coefficient (Wildman–Crippen LogP) is 4.37. The molecule has 0 spiro atoms. The molecule has 28 heavy (non-hydrogen) atoms. The number of nitrogens with zero attached hydrogens (tertiary/aromatic N) is 3. The Kier molecular flexibility index (Phi) is 5.08. The topological polar surface area (TPSA) is 83.6 Å². The van der Waals surface area contributed by atoms with E-state index in [0.29, 0.717) is 11.0 Å². The first-order chi connectivity index (χ1) is 13.6. The number of rotatable bonds is 5. The molecule has 4 rings (SSSR count). The monoisotopic (exact) mass is 389 g/mol. The molecule has 2 heterocycles. The third-order valence-corrected chi connectivity index (χ3v) is 5.02. The van der Waals surface area contributed by atoms with Crippen molar-refractivity contribution in [1.82, 2.24) is 20.2 Å². The molecule has 6 nitrogen and oxygen atoms in total. The smallest absolute Gasteiger partial charge is 0.234 e. The van der Waals surface area contributed by atoms with Crippen LogP contribution in [0.25, 0.3) is 22.4 Å². The molecular weight excluding hydrogens is 370 g/mol. The van der Waals surface area contributed by atoms with Gasteiger partial charge in [-0.3, -0.25) is 4.79 Å². The van der Waals surface area contributed by atoms with Gasteiger partial charge >= 0.3 is 0 Å². The molecule has 0 aliphatic rings. The van der Waals surface area contributed by atoms with Crippen molar-refractivity contribution in [2.45, 2.75) is 19.0 Å². The maximum absolute atomic E-state index is 12.2. The van der Waals surface area contributed by atoms with Crippen molar-refractivity contribution in [2.75, 3.05) is 11.1 Å². The Bertz CT molecular complexity index is 1130. The summed E-state index contributed by atoms with van der Waals surface area (Å²) >= 11 is 1.31. The van der Waals surface area contributed by atoms with E-state index in [0.717, 1.165) is 33.4 Å². The van der Waals surface area contributed by atoms with Gasteiger partial charge in [0.1, 0.15) is 5.69 Å². The number of benzene rings is 2. The van der Waals surface area contributed by atoms with Crippen LogP contribution in [0.4, 0.5) is 5.69 Å². The van der Waals surface area contributed by atoms with E-state index in [1.165, 1.54) is 11.8 Å². The van der Waals surface area contributed by atoms with E-state index >= 15 is 0 Å². The zero-order valence-electron chi connectivity index (χ0n) is 15.6. The summed E-state index contributed by atoms with van der Waals surface area (Å²) in [4.78, 5) is 20.0. The lowest BCUT2D eigenvalue weighted by Crippen LogP contribution is -2.14. The summed E-state index contributed by atoms with van der Waals surface area (Å²) in [6.45, 7) is 4.02. The van der Waals surface area contributed by atoms with Crippen LogP contribution in [0.1, 0.15) is 11.1 Å². The summed E-state index contributed by atoms with van der Waals surface area (Å²) < 4.78 is 0. The van der Waals surface area contributed by atoms with Crippen LogP contribution >= 0.6 is 11.8 Å². The summed E-state index contributed by atoms with van der Waals surface area (Å²) in [6, 6.07) is 17.8. The Morgan fingerprint density at radius 3 is 2.64 bits per heavy atom. The first kappa shape index (κ1) is 18.2. The van der Waals surface area contributed by atoms with Crippen molar-refractivity contribution in [3.05, 3.63) is 65.7 Å². The van der Waals surface area contributed by atoms with Crippen molar-refractivity contribution in [1.29, 1.82) is 0 Å². The molecule has 0 atom stereocenters. The molecule has 0 aliphatic carbocycles. The molecule has 2 aromatic heterocycles. The molecule has 140 valence electrons. The average molecular weight is 389 g/mol. The molecule has 0 bridgehead atoms. The Labute approximate surface area is 166 Å². The summed E-state index contributed by atoms with van der Waals surface area (Å²) in [5, 5.41) is 12.8. The van der Waals surface area contributed by atoms with E-state index < -0.39 is 0 Å². The fraction of sp³-hybridized carbons (Fsp3) is 0.143. The SMILES string of the molecule is Cc1cc(C)cc(NC(=O)CSc2nnc(-c3ccc4ccccc4n3)[nH]2)c1. The number of aryl methyl sites for hydroxylation is 2. The lowest BCUT2D eigenvalue weighted by molar-refractivity contribution is -0.113. The second-order valence-electron chi connectivity index (χ2n) is 6.58. The number of pyridine rings is 1. The lowest BCUT2D eigenvalue weighted by atomic mass is 10.1. The van der Waals surface area contributed by atoms with E-state index in [1.807, 2.05) is 62.4 Å². The third kappa shape index (κ3) is 4.20. The number of H-pyrrole nitrogens is 1. The number of carbonyl (C=O) groups is 1. The van der Waals surface area contributed by atoms with Gasteiger partial charge in [0.15, 0.2) is 11.0 Å². The number of aromatic amines is 1. The maximum Gasteiger partial charge on any atom is 0.234 e. The minimum absolute atomic E-state index is 0.0863. The van der Waals surface area contributed by atoms with Crippen molar-refractivity contribution in [2.24, 2.45) is 0 Å². The van der Waals surface area contributed by atoms with Gasteiger partial charge in [0, 0.05) is 11.1 Å². The second kappa shape index (κ2) is 7.82. The molecule has 2 aromatic carbocycles. The molecule has 0 saturated carbocycles. The fourth-order valence-electron chi connectivity index (χ4n) is 3.00. The number of amides is 1. The zero-order valence-corrected chi connectivity index (χ0v) is 16.4. The number of carbonyl (C=O) groups excluding carboxylic acids is 1. The summed E-state index contributed by atoms with van der Waals surface area (Å²) in [5.74, 6) is 0.743. The van der Waals surface area contributed by atoms with Crippen LogP contribution in [-0.4, -0.2) is 31.8 Å². The van der Waals surface area contributed by atoms with Gasteiger partial charge in [0.05, 0.1) is 11.3 Å². The number of para-hydroxylation sites is 1. The van der Waals surface area contributed by atoms with E-state index in [9.17, 15) is 4.79 Å². The molecule has 0 aliphatic heterocycles. The van der Waals surface area contributed by atoms with Crippen LogP contribution in [0, 0.1) is 13.8 Å². The molecule has 1 amide bonds. The van der Waals surface area contributed by atoms with Crippen LogP contribution in [-0.2, 0) is 4.79 Å². The van der Waals surface area contributed by atoms with Gasteiger partial charge in [0.2, 0.25) is 5.91 Å². The van der Waals surface area contributed by atoms with Gasteiger partial charge in [0.25, 0.3) is 0 Å². The van der Waals surface area contributed by atoms with Gasteiger partial charge in [-0.2, -0.15) is 0 Å². The highest BCUT2D eigenvalue weighted by atomic mass is 32.2. The Balaban J connectivity index is 1.40. The van der Waals surface area contributed by atoms with E-state index in [-0.39, 0.29) is 11.7 Å². The van der Waals surface area contributed by atoms with Gasteiger partial charge in [-0.05, 0) is 49.2 Å². The Morgan fingerprint density at radius 1 is 1.04 bits per heavy atom. The van der Waals surface area contributed by atoms with Gasteiger partial charge in [-0.15, -0.1) is 10.2 Å². The zero-order chi connectivity index (χ0) is 19.5. The molecule has 7 heteroatoms. The van der Waals surface area contributed by atoms with Crippen LogP contribution in [0.15, 0.2) is 59.8 Å². The number of hydrogen-bond donors (Lipinski definition) is 2. The first-order valence-electron chi connectivity index (χ1n) is 8.86. The van der Waals surface area contributed by atoms with E-state index in [4.69, 9.17) is 0 Å². The minimum atomic E-state index is -0.0863. The third-order valence-electron chi connectivity index (χ3n) is 4.15. The van der Waals surface area contributed by atoms with Crippen LogP contribution < -0.4 is 5.32 Å². The normalized spacial score (nSPS) is 10.9. The van der Waals surface area contributed by atoms with Gasteiger partial charge in [-0.1, -0.05) is 42.1 Å². The van der Waals surface area contributed by atoms with E-state index in [2.05, 4.69) is 31.5 Å². The number of nitrogens with one attached hydrogen (secondary N) is 2. The van der Waals surface area contributed by atoms with Gasteiger partial charge < -0.3 is 10.3 Å². The van der Waals surface area contributed by atoms with Crippen molar-refractivity contribution in [3.8, 4) is 11.5 Å². The summed E-state index contributed by atoms with van der Waals surface area (Å²) in [6.07, 6.45) is 0. The van der Waals surface area contributed by atoms with Crippen LogP contribution in [0.2, 0.25) is 0 Å². The lowest BCUT2D eigenvalue weighted by Gasteiger charge is -2.06. The minimum Gasteiger partial charge on any atom is -0.325 e.